The molecule has 2 aromatic heterocycles. The lowest BCUT2D eigenvalue weighted by Crippen LogP contribution is -1.87. The summed E-state index contributed by atoms with van der Waals surface area (Å²) < 4.78 is 0.349. The van der Waals surface area contributed by atoms with Gasteiger partial charge in [-0.3, -0.25) is 15.2 Å². The van der Waals surface area contributed by atoms with Crippen molar-refractivity contribution in [2.75, 3.05) is 0 Å². The first-order valence-electron chi connectivity index (χ1n) is 5.67. The summed E-state index contributed by atoms with van der Waals surface area (Å²) in [5.41, 5.74) is 2.14. The van der Waals surface area contributed by atoms with Gasteiger partial charge in [0, 0.05) is 17.7 Å². The monoisotopic (exact) mass is 340 g/mol. The van der Waals surface area contributed by atoms with Crippen molar-refractivity contribution in [2.24, 2.45) is 0 Å². The molecule has 0 amide bonds. The first kappa shape index (κ1) is 14.0. The average molecular weight is 341 g/mol. The van der Waals surface area contributed by atoms with E-state index in [4.69, 9.17) is 23.2 Å². The van der Waals surface area contributed by atoms with Gasteiger partial charge in [0.15, 0.2) is 9.62 Å². The van der Waals surface area contributed by atoms with Gasteiger partial charge in [-0.05, 0) is 18.2 Å². The van der Waals surface area contributed by atoms with Crippen LogP contribution in [0.4, 0.5) is 5.69 Å². The molecule has 0 atom stereocenters. The second-order valence-corrected chi connectivity index (χ2v) is 6.00. The molecule has 2 heterocycles. The number of nitro groups is 1. The van der Waals surface area contributed by atoms with E-state index in [-0.39, 0.29) is 5.69 Å². The molecule has 0 aliphatic rings. The maximum absolute atomic E-state index is 10.6. The lowest BCUT2D eigenvalue weighted by Gasteiger charge is -1.95. The number of aromatic nitrogens is 3. The van der Waals surface area contributed by atoms with E-state index in [0.717, 1.165) is 5.56 Å². The predicted molar refractivity (Wildman–Crippen MR) is 81.8 cm³/mol. The molecule has 1 aromatic carbocycles. The van der Waals surface area contributed by atoms with Crippen LogP contribution in [0.3, 0.4) is 0 Å². The largest absolute Gasteiger partial charge is 0.276 e. The molecule has 106 valence electrons. The van der Waals surface area contributed by atoms with E-state index in [1.807, 2.05) is 0 Å². The molecule has 0 saturated heterocycles. The van der Waals surface area contributed by atoms with Crippen LogP contribution >= 0.6 is 34.5 Å². The third-order valence-electron chi connectivity index (χ3n) is 2.76. The molecule has 6 nitrogen and oxygen atoms in total. The fourth-order valence-corrected chi connectivity index (χ4v) is 3.14. The van der Waals surface area contributed by atoms with Crippen molar-refractivity contribution < 1.29 is 4.92 Å². The number of hydrogen-bond acceptors (Lipinski definition) is 5. The van der Waals surface area contributed by atoms with Crippen LogP contribution in [0.1, 0.15) is 0 Å². The Morgan fingerprint density at radius 1 is 1.24 bits per heavy atom. The molecule has 3 rings (SSSR count). The van der Waals surface area contributed by atoms with Crippen LogP contribution in [0.2, 0.25) is 9.62 Å². The first-order valence-corrected chi connectivity index (χ1v) is 7.24. The molecule has 0 aliphatic heterocycles. The Labute approximate surface area is 132 Å². The summed E-state index contributed by atoms with van der Waals surface area (Å²) in [5.74, 6) is 0. The van der Waals surface area contributed by atoms with Gasteiger partial charge in [0.25, 0.3) is 5.69 Å². The van der Waals surface area contributed by atoms with Crippen LogP contribution in [-0.4, -0.2) is 20.1 Å². The highest BCUT2D eigenvalue weighted by Gasteiger charge is 2.14. The molecule has 0 spiro atoms. The minimum Gasteiger partial charge on any atom is -0.276 e. The lowest BCUT2D eigenvalue weighted by atomic mass is 10.1. The summed E-state index contributed by atoms with van der Waals surface area (Å²) in [5, 5.41) is 18.0. The van der Waals surface area contributed by atoms with Crippen LogP contribution in [-0.2, 0) is 0 Å². The van der Waals surface area contributed by atoms with Crippen LogP contribution in [0.15, 0.2) is 30.3 Å². The van der Waals surface area contributed by atoms with Gasteiger partial charge in [0.05, 0.1) is 21.2 Å². The predicted octanol–water partition coefficient (Wildman–Crippen LogP) is 4.42. The maximum atomic E-state index is 10.6. The minimum atomic E-state index is -0.446. The zero-order chi connectivity index (χ0) is 15.0. The standard InChI is InChI=1S/C12H6Cl2N4O2S/c13-11-10(21-12(14)15-11)9-5-8(16-17-9)6-1-3-7(4-2-6)18(19)20/h1-5H,(H,16,17). The van der Waals surface area contributed by atoms with Crippen LogP contribution in [0.5, 0.6) is 0 Å². The van der Waals surface area contributed by atoms with Gasteiger partial charge < -0.3 is 0 Å². The van der Waals surface area contributed by atoms with Crippen molar-refractivity contribution >= 4 is 40.2 Å². The summed E-state index contributed by atoms with van der Waals surface area (Å²) in [6.07, 6.45) is 0. The molecule has 9 heteroatoms. The molecule has 0 saturated carbocycles. The quantitative estimate of drug-likeness (QED) is 0.565. The van der Waals surface area contributed by atoms with Gasteiger partial charge in [0.2, 0.25) is 0 Å². The van der Waals surface area contributed by atoms with E-state index in [1.165, 1.54) is 23.5 Å². The van der Waals surface area contributed by atoms with E-state index in [2.05, 4.69) is 15.2 Å². The van der Waals surface area contributed by atoms with E-state index in [9.17, 15) is 10.1 Å². The van der Waals surface area contributed by atoms with Crippen LogP contribution in [0.25, 0.3) is 21.8 Å². The van der Waals surface area contributed by atoms with E-state index < -0.39 is 4.92 Å². The van der Waals surface area contributed by atoms with Gasteiger partial charge >= 0.3 is 0 Å². The lowest BCUT2D eigenvalue weighted by molar-refractivity contribution is -0.384. The molecular weight excluding hydrogens is 335 g/mol. The zero-order valence-electron chi connectivity index (χ0n) is 10.2. The number of H-pyrrole nitrogens is 1. The summed E-state index contributed by atoms with van der Waals surface area (Å²) in [6.45, 7) is 0. The number of aromatic amines is 1. The fourth-order valence-electron chi connectivity index (χ4n) is 1.78. The topological polar surface area (TPSA) is 84.7 Å². The molecule has 0 aliphatic carbocycles. The Bertz CT molecular complexity index is 813. The number of rotatable bonds is 3. The number of non-ortho nitro benzene ring substituents is 1. The fraction of sp³-hybridized carbons (Fsp3) is 0. The third kappa shape index (κ3) is 2.76. The molecule has 0 unspecified atom stereocenters. The normalized spacial score (nSPS) is 10.8. The smallest absolute Gasteiger partial charge is 0.269 e. The highest BCUT2D eigenvalue weighted by Crippen LogP contribution is 2.36. The van der Waals surface area contributed by atoms with Crippen molar-refractivity contribution in [3.05, 3.63) is 50.1 Å². The molecule has 3 aromatic rings. The van der Waals surface area contributed by atoms with Crippen LogP contribution < -0.4 is 0 Å². The third-order valence-corrected chi connectivity index (χ3v) is 4.33. The molecule has 0 bridgehead atoms. The highest BCUT2D eigenvalue weighted by molar-refractivity contribution is 7.19. The maximum Gasteiger partial charge on any atom is 0.269 e. The number of thiazole rings is 1. The van der Waals surface area contributed by atoms with Crippen molar-refractivity contribution in [3.8, 4) is 21.8 Å². The Hall–Kier alpha value is -1.96. The van der Waals surface area contributed by atoms with Crippen molar-refractivity contribution in [3.63, 3.8) is 0 Å². The van der Waals surface area contributed by atoms with Crippen molar-refractivity contribution in [2.45, 2.75) is 0 Å². The summed E-state index contributed by atoms with van der Waals surface area (Å²) >= 11 is 13.0. The van der Waals surface area contributed by atoms with Crippen molar-refractivity contribution in [1.29, 1.82) is 0 Å². The van der Waals surface area contributed by atoms with Gasteiger partial charge in [-0.15, -0.1) is 0 Å². The molecule has 0 fully saturated rings. The van der Waals surface area contributed by atoms with Gasteiger partial charge in [-0.1, -0.05) is 34.5 Å². The number of nitrogens with one attached hydrogen (secondary N) is 1. The SMILES string of the molecule is O=[N+]([O-])c1ccc(-c2cc(-c3sc(Cl)nc3Cl)[nH]n2)cc1. The number of hydrogen-bond donors (Lipinski definition) is 1. The number of benzene rings is 1. The Morgan fingerprint density at radius 3 is 2.52 bits per heavy atom. The van der Waals surface area contributed by atoms with E-state index in [0.29, 0.717) is 25.9 Å². The number of nitrogens with zero attached hydrogens (tertiary/aromatic N) is 3. The van der Waals surface area contributed by atoms with E-state index in [1.54, 1.807) is 18.2 Å². The Kier molecular flexibility index (Phi) is 3.62. The molecule has 21 heavy (non-hydrogen) atoms. The second kappa shape index (κ2) is 5.44. The zero-order valence-corrected chi connectivity index (χ0v) is 12.5. The summed E-state index contributed by atoms with van der Waals surface area (Å²) in [7, 11) is 0. The number of halogens is 2. The second-order valence-electron chi connectivity index (χ2n) is 4.06. The first-order chi connectivity index (χ1) is 10.0. The van der Waals surface area contributed by atoms with Crippen molar-refractivity contribution in [1.82, 2.24) is 15.2 Å². The highest BCUT2D eigenvalue weighted by atomic mass is 35.5. The Morgan fingerprint density at radius 2 is 1.95 bits per heavy atom. The molecule has 1 N–H and O–H groups in total. The summed E-state index contributed by atoms with van der Waals surface area (Å²) in [4.78, 5) is 14.8. The van der Waals surface area contributed by atoms with E-state index >= 15 is 0 Å². The van der Waals surface area contributed by atoms with Gasteiger partial charge in [0.1, 0.15) is 0 Å². The average Bonchev–Trinajstić information content (AvgIpc) is 3.05. The Balaban J connectivity index is 1.94. The van der Waals surface area contributed by atoms with Gasteiger partial charge in [-0.2, -0.15) is 5.10 Å². The molecule has 0 radical (unpaired) electrons. The number of nitro benzene ring substituents is 1. The molecular formula is C12H6Cl2N4O2S. The van der Waals surface area contributed by atoms with Gasteiger partial charge in [-0.25, -0.2) is 4.98 Å². The summed E-state index contributed by atoms with van der Waals surface area (Å²) in [6, 6.07) is 7.93. The van der Waals surface area contributed by atoms with Crippen LogP contribution in [0, 0.1) is 10.1 Å². The minimum absolute atomic E-state index is 0.0341.